The lowest BCUT2D eigenvalue weighted by atomic mass is 10.2. The van der Waals surface area contributed by atoms with Gasteiger partial charge in [0.05, 0.1) is 11.4 Å². The van der Waals surface area contributed by atoms with E-state index in [0.717, 1.165) is 17.3 Å². The predicted molar refractivity (Wildman–Crippen MR) is 99.2 cm³/mol. The highest BCUT2D eigenvalue weighted by molar-refractivity contribution is 7.99. The van der Waals surface area contributed by atoms with Crippen LogP contribution in [0, 0.1) is 0 Å². The second-order valence-corrected chi connectivity index (χ2v) is 6.60. The molecule has 2 aromatic heterocycles. The van der Waals surface area contributed by atoms with Gasteiger partial charge in [-0.2, -0.15) is 0 Å². The van der Waals surface area contributed by atoms with Crippen LogP contribution in [0.5, 0.6) is 0 Å². The molecule has 25 heavy (non-hydrogen) atoms. The molecule has 0 unspecified atom stereocenters. The maximum absolute atomic E-state index is 12.0. The number of hydrogen-bond donors (Lipinski definition) is 2. The van der Waals surface area contributed by atoms with Crippen LogP contribution in [0.4, 0.5) is 5.69 Å². The monoisotopic (exact) mass is 394 g/mol. The number of halogens is 2. The number of nitrogens with zero attached hydrogens (tertiary/aromatic N) is 4. The third kappa shape index (κ3) is 4.22. The van der Waals surface area contributed by atoms with Crippen molar-refractivity contribution >= 4 is 46.6 Å². The molecule has 10 heteroatoms. The minimum absolute atomic E-state index is 0.0934. The summed E-state index contributed by atoms with van der Waals surface area (Å²) in [6.45, 7) is 0. The van der Waals surface area contributed by atoms with Crippen molar-refractivity contribution in [3.05, 3.63) is 52.8 Å². The van der Waals surface area contributed by atoms with Gasteiger partial charge in [0.1, 0.15) is 0 Å². The van der Waals surface area contributed by atoms with E-state index in [0.29, 0.717) is 21.7 Å². The van der Waals surface area contributed by atoms with Crippen LogP contribution in [0.15, 0.2) is 47.8 Å². The molecule has 128 valence electrons. The van der Waals surface area contributed by atoms with Gasteiger partial charge < -0.3 is 11.2 Å². The zero-order valence-electron chi connectivity index (χ0n) is 12.7. The lowest BCUT2D eigenvalue weighted by molar-refractivity contribution is -0.113. The van der Waals surface area contributed by atoms with E-state index < -0.39 is 0 Å². The zero-order chi connectivity index (χ0) is 17.8. The molecule has 0 aliphatic carbocycles. The summed E-state index contributed by atoms with van der Waals surface area (Å²) >= 11 is 13.0. The van der Waals surface area contributed by atoms with Crippen LogP contribution in [-0.4, -0.2) is 31.5 Å². The van der Waals surface area contributed by atoms with E-state index in [-0.39, 0.29) is 16.8 Å². The molecule has 3 rings (SSSR count). The summed E-state index contributed by atoms with van der Waals surface area (Å²) in [5.41, 5.74) is 1.18. The molecule has 0 fully saturated rings. The molecular weight excluding hydrogens is 383 g/mol. The molecule has 0 radical (unpaired) electrons. The summed E-state index contributed by atoms with van der Waals surface area (Å²) in [5.74, 6) is 6.31. The maximum Gasteiger partial charge on any atom is 0.234 e. The van der Waals surface area contributed by atoms with E-state index in [1.54, 1.807) is 36.5 Å². The van der Waals surface area contributed by atoms with Gasteiger partial charge in [-0.05, 0) is 24.3 Å². The van der Waals surface area contributed by atoms with E-state index in [1.165, 1.54) is 4.68 Å². The van der Waals surface area contributed by atoms with Crippen molar-refractivity contribution in [2.45, 2.75) is 5.16 Å². The molecule has 0 saturated heterocycles. The minimum atomic E-state index is -0.257. The number of carbonyl (C=O) groups excluding carboxylic acids is 1. The van der Waals surface area contributed by atoms with Crippen LogP contribution in [0.1, 0.15) is 0 Å². The number of thioether (sulfide) groups is 1. The van der Waals surface area contributed by atoms with Crippen LogP contribution < -0.4 is 11.2 Å². The Balaban J connectivity index is 1.66. The smallest absolute Gasteiger partial charge is 0.234 e. The van der Waals surface area contributed by atoms with Crippen molar-refractivity contribution in [1.29, 1.82) is 0 Å². The number of nitrogens with one attached hydrogen (secondary N) is 1. The molecule has 7 nitrogen and oxygen atoms in total. The number of carbonyl (C=O) groups is 1. The van der Waals surface area contributed by atoms with Gasteiger partial charge in [0, 0.05) is 16.8 Å². The maximum atomic E-state index is 12.0. The number of amides is 1. The Morgan fingerprint density at radius 2 is 2.08 bits per heavy atom. The number of aromatic nitrogens is 4. The van der Waals surface area contributed by atoms with Crippen molar-refractivity contribution in [3.8, 4) is 11.4 Å². The number of nitrogen functional groups attached to an aromatic ring is 1. The summed E-state index contributed by atoms with van der Waals surface area (Å²) < 4.78 is 1.32. The number of rotatable bonds is 5. The van der Waals surface area contributed by atoms with E-state index in [1.807, 2.05) is 6.07 Å². The van der Waals surface area contributed by atoms with Gasteiger partial charge in [-0.25, -0.2) is 9.66 Å². The fraction of sp³-hybridized carbons (Fsp3) is 0.0667. The van der Waals surface area contributed by atoms with Gasteiger partial charge in [-0.15, -0.1) is 10.2 Å². The van der Waals surface area contributed by atoms with Crippen molar-refractivity contribution in [3.63, 3.8) is 0 Å². The van der Waals surface area contributed by atoms with E-state index in [2.05, 4.69) is 20.5 Å². The molecule has 0 bridgehead atoms. The highest BCUT2D eigenvalue weighted by atomic mass is 35.5. The first-order valence-electron chi connectivity index (χ1n) is 7.04. The standard InChI is InChI=1S/C15H12Cl2N6OS/c16-10-4-1-3-9(7-10)14-21-22-15(23(14)18)25-8-12(24)20-11-5-2-6-19-13(11)17/h1-7H,8,18H2,(H,20,24). The normalized spacial score (nSPS) is 10.6. The molecule has 3 aromatic rings. The first-order valence-corrected chi connectivity index (χ1v) is 8.78. The van der Waals surface area contributed by atoms with Crippen LogP contribution >= 0.6 is 35.0 Å². The molecule has 1 amide bonds. The summed E-state index contributed by atoms with van der Waals surface area (Å²) in [7, 11) is 0. The topological polar surface area (TPSA) is 98.7 Å². The largest absolute Gasteiger partial charge is 0.335 e. The second kappa shape index (κ2) is 7.73. The summed E-state index contributed by atoms with van der Waals surface area (Å²) in [5, 5.41) is 11.9. The van der Waals surface area contributed by atoms with Gasteiger partial charge in [-0.1, -0.05) is 47.1 Å². The summed E-state index contributed by atoms with van der Waals surface area (Å²) in [6.07, 6.45) is 1.54. The Kier molecular flexibility index (Phi) is 5.42. The number of nitrogens with two attached hydrogens (primary N) is 1. The van der Waals surface area contributed by atoms with Crippen molar-refractivity contribution < 1.29 is 4.79 Å². The van der Waals surface area contributed by atoms with Gasteiger partial charge in [-0.3, -0.25) is 4.79 Å². The van der Waals surface area contributed by atoms with Crippen molar-refractivity contribution in [1.82, 2.24) is 19.9 Å². The molecule has 0 aliphatic heterocycles. The lowest BCUT2D eigenvalue weighted by Crippen LogP contribution is -2.16. The van der Waals surface area contributed by atoms with Crippen molar-refractivity contribution in [2.24, 2.45) is 0 Å². The van der Waals surface area contributed by atoms with Crippen molar-refractivity contribution in [2.75, 3.05) is 16.9 Å². The van der Waals surface area contributed by atoms with E-state index in [9.17, 15) is 4.79 Å². The molecule has 1 aromatic carbocycles. The van der Waals surface area contributed by atoms with E-state index >= 15 is 0 Å². The van der Waals surface area contributed by atoms with E-state index in [4.69, 9.17) is 29.0 Å². The lowest BCUT2D eigenvalue weighted by Gasteiger charge is -2.06. The third-order valence-corrected chi connectivity index (χ3v) is 4.59. The Hall–Kier alpha value is -2.29. The average molecular weight is 395 g/mol. The third-order valence-electron chi connectivity index (χ3n) is 3.11. The summed E-state index contributed by atoms with van der Waals surface area (Å²) in [6, 6.07) is 10.5. The molecule has 0 spiro atoms. The fourth-order valence-corrected chi connectivity index (χ4v) is 3.01. The first-order chi connectivity index (χ1) is 12.0. The Morgan fingerprint density at radius 3 is 2.84 bits per heavy atom. The van der Waals surface area contributed by atoms with Gasteiger partial charge in [0.2, 0.25) is 11.1 Å². The van der Waals surface area contributed by atoms with Crippen LogP contribution in [-0.2, 0) is 4.79 Å². The quantitative estimate of drug-likeness (QED) is 0.391. The minimum Gasteiger partial charge on any atom is -0.335 e. The second-order valence-electron chi connectivity index (χ2n) is 4.87. The molecular formula is C15H12Cl2N6OS. The average Bonchev–Trinajstić information content (AvgIpc) is 2.96. The SMILES string of the molecule is Nn1c(SCC(=O)Nc2cccnc2Cl)nnc1-c1cccc(Cl)c1. The van der Waals surface area contributed by atoms with Gasteiger partial charge in [0.25, 0.3) is 0 Å². The summed E-state index contributed by atoms with van der Waals surface area (Å²) in [4.78, 5) is 15.9. The molecule has 0 saturated carbocycles. The highest BCUT2D eigenvalue weighted by Gasteiger charge is 2.14. The number of hydrogen-bond acceptors (Lipinski definition) is 6. The molecule has 3 N–H and O–H groups in total. The van der Waals surface area contributed by atoms with Crippen LogP contribution in [0.25, 0.3) is 11.4 Å². The predicted octanol–water partition coefficient (Wildman–Crippen LogP) is 3.09. The highest BCUT2D eigenvalue weighted by Crippen LogP contribution is 2.24. The molecule has 0 atom stereocenters. The number of anilines is 1. The van der Waals surface area contributed by atoms with Gasteiger partial charge >= 0.3 is 0 Å². The zero-order valence-corrected chi connectivity index (χ0v) is 15.0. The van der Waals surface area contributed by atoms with Gasteiger partial charge in [0.15, 0.2) is 11.0 Å². The van der Waals surface area contributed by atoms with Crippen LogP contribution in [0.3, 0.4) is 0 Å². The fourth-order valence-electron chi connectivity index (χ4n) is 2.00. The number of pyridine rings is 1. The molecule has 0 aliphatic rings. The number of benzene rings is 1. The van der Waals surface area contributed by atoms with Crippen LogP contribution in [0.2, 0.25) is 10.2 Å². The Bertz CT molecular complexity index is 917. The molecule has 2 heterocycles. The Labute approximate surface area is 157 Å². The first kappa shape index (κ1) is 17.5. The Morgan fingerprint density at radius 1 is 1.24 bits per heavy atom.